The summed E-state index contributed by atoms with van der Waals surface area (Å²) in [5.41, 5.74) is 3.47. The topological polar surface area (TPSA) is 32.9 Å². The predicted octanol–water partition coefficient (Wildman–Crippen LogP) is 3.91. The molecule has 1 aromatic heterocycles. The molecule has 1 heterocycles. The van der Waals surface area contributed by atoms with Crippen molar-refractivity contribution in [1.29, 1.82) is 0 Å². The second-order valence-electron chi connectivity index (χ2n) is 4.97. The second kappa shape index (κ2) is 4.81. The van der Waals surface area contributed by atoms with Crippen molar-refractivity contribution in [2.45, 2.75) is 31.6 Å². The Hall–Kier alpha value is -1.83. The lowest BCUT2D eigenvalue weighted by atomic mass is 9.83. The molecule has 0 amide bonds. The molecule has 1 aliphatic rings. The lowest BCUT2D eigenvalue weighted by Gasteiger charge is -2.20. The van der Waals surface area contributed by atoms with Crippen molar-refractivity contribution in [3.63, 3.8) is 0 Å². The number of hydrogen-bond acceptors (Lipinski definition) is 1. The molecule has 92 valence electrons. The highest BCUT2D eigenvalue weighted by Crippen LogP contribution is 2.31. The minimum absolute atomic E-state index is 0.136. The third-order valence-electron chi connectivity index (χ3n) is 3.78. The van der Waals surface area contributed by atoms with Gasteiger partial charge in [-0.3, -0.25) is 4.79 Å². The summed E-state index contributed by atoms with van der Waals surface area (Å²) in [5, 5.41) is 0. The zero-order valence-electron chi connectivity index (χ0n) is 10.4. The van der Waals surface area contributed by atoms with Gasteiger partial charge in [0.25, 0.3) is 0 Å². The number of H-pyrrole nitrogens is 1. The van der Waals surface area contributed by atoms with E-state index in [0.29, 0.717) is 5.78 Å². The average Bonchev–Trinajstić information content (AvgIpc) is 2.94. The van der Waals surface area contributed by atoms with Gasteiger partial charge in [0.15, 0.2) is 0 Å². The van der Waals surface area contributed by atoms with Gasteiger partial charge in [-0.05, 0) is 36.1 Å². The van der Waals surface area contributed by atoms with Crippen LogP contribution in [0, 0.1) is 0 Å². The van der Waals surface area contributed by atoms with E-state index in [1.54, 1.807) is 0 Å². The molecule has 1 fully saturated rings. The van der Waals surface area contributed by atoms with Crippen LogP contribution in [0.25, 0.3) is 11.3 Å². The van der Waals surface area contributed by atoms with Crippen LogP contribution in [-0.2, 0) is 4.79 Å². The summed E-state index contributed by atoms with van der Waals surface area (Å²) in [5.74, 6) is 0.547. The van der Waals surface area contributed by atoms with Crippen molar-refractivity contribution in [1.82, 2.24) is 4.98 Å². The number of aromatic nitrogens is 1. The molecular weight excluding hydrogens is 222 g/mol. The first-order valence-electron chi connectivity index (χ1n) is 6.61. The van der Waals surface area contributed by atoms with Gasteiger partial charge in [0.1, 0.15) is 5.78 Å². The van der Waals surface area contributed by atoms with Crippen molar-refractivity contribution in [2.75, 3.05) is 0 Å². The maximum Gasteiger partial charge on any atom is 0.140 e. The minimum atomic E-state index is 0.136. The van der Waals surface area contributed by atoms with Crippen molar-refractivity contribution < 1.29 is 4.79 Å². The fraction of sp³-hybridized carbons (Fsp3) is 0.312. The molecule has 1 aromatic carbocycles. The molecule has 0 spiro atoms. The third-order valence-corrected chi connectivity index (χ3v) is 3.78. The minimum Gasteiger partial charge on any atom is -0.361 e. The van der Waals surface area contributed by atoms with E-state index < -0.39 is 0 Å². The van der Waals surface area contributed by atoms with Gasteiger partial charge in [-0.15, -0.1) is 0 Å². The van der Waals surface area contributed by atoms with Crippen LogP contribution in [0.15, 0.2) is 42.6 Å². The molecular formula is C16H17NO. The van der Waals surface area contributed by atoms with Crippen LogP contribution in [0.1, 0.15) is 37.2 Å². The Labute approximate surface area is 107 Å². The van der Waals surface area contributed by atoms with Crippen LogP contribution in [0.3, 0.4) is 0 Å². The first-order valence-corrected chi connectivity index (χ1v) is 6.61. The number of ketones is 1. The Morgan fingerprint density at radius 2 is 1.89 bits per heavy atom. The molecule has 0 bridgehead atoms. The molecule has 1 unspecified atom stereocenters. The molecule has 0 radical (unpaired) electrons. The summed E-state index contributed by atoms with van der Waals surface area (Å²) in [6.45, 7) is 0. The maximum absolute atomic E-state index is 11.9. The number of rotatable bonds is 2. The number of nitrogens with one attached hydrogen (secondary N) is 1. The molecule has 0 aliphatic heterocycles. The zero-order chi connectivity index (χ0) is 12.4. The highest BCUT2D eigenvalue weighted by atomic mass is 16.1. The molecule has 2 heteroatoms. The number of aromatic amines is 1. The van der Waals surface area contributed by atoms with Gasteiger partial charge in [0.05, 0.1) is 0 Å². The number of Topliss-reactive ketones (excluding diaryl/α,β-unsaturated/α-hetero) is 1. The number of carbonyl (C=O) groups is 1. The summed E-state index contributed by atoms with van der Waals surface area (Å²) in [4.78, 5) is 15.1. The smallest absolute Gasteiger partial charge is 0.140 e. The van der Waals surface area contributed by atoms with Gasteiger partial charge in [-0.2, -0.15) is 0 Å². The lowest BCUT2D eigenvalue weighted by molar-refractivity contribution is -0.121. The molecule has 2 nitrogen and oxygen atoms in total. The normalized spacial score (nSPS) is 20.0. The Bertz CT molecular complexity index is 525. The molecule has 1 saturated carbocycles. The van der Waals surface area contributed by atoms with Crippen LogP contribution >= 0.6 is 0 Å². The van der Waals surface area contributed by atoms with Crippen molar-refractivity contribution >= 4 is 5.78 Å². The Balaban J connectivity index is 1.84. The van der Waals surface area contributed by atoms with Crippen LogP contribution in [0.5, 0.6) is 0 Å². The van der Waals surface area contributed by atoms with Crippen molar-refractivity contribution in [3.8, 4) is 11.3 Å². The van der Waals surface area contributed by atoms with E-state index in [1.165, 1.54) is 17.5 Å². The first kappa shape index (κ1) is 11.3. The monoisotopic (exact) mass is 239 g/mol. The van der Waals surface area contributed by atoms with Gasteiger partial charge in [0, 0.05) is 24.2 Å². The van der Waals surface area contributed by atoms with Crippen LogP contribution in [-0.4, -0.2) is 10.8 Å². The number of carbonyl (C=O) groups excluding carboxylic acids is 1. The van der Waals surface area contributed by atoms with E-state index in [-0.39, 0.29) is 5.92 Å². The quantitative estimate of drug-likeness (QED) is 0.846. The molecule has 3 rings (SSSR count). The van der Waals surface area contributed by atoms with Gasteiger partial charge in [-0.25, -0.2) is 0 Å². The van der Waals surface area contributed by atoms with Crippen molar-refractivity contribution in [3.05, 3.63) is 48.2 Å². The Morgan fingerprint density at radius 1 is 1.06 bits per heavy atom. The molecule has 2 aromatic rings. The predicted molar refractivity (Wildman–Crippen MR) is 72.4 cm³/mol. The second-order valence-corrected chi connectivity index (χ2v) is 4.97. The van der Waals surface area contributed by atoms with Gasteiger partial charge < -0.3 is 4.98 Å². The van der Waals surface area contributed by atoms with Crippen LogP contribution < -0.4 is 0 Å². The third kappa shape index (κ3) is 2.10. The summed E-state index contributed by atoms with van der Waals surface area (Å²) in [6, 6.07) is 12.5. The Morgan fingerprint density at radius 3 is 2.56 bits per heavy atom. The highest BCUT2D eigenvalue weighted by molar-refractivity contribution is 5.86. The highest BCUT2D eigenvalue weighted by Gasteiger charge is 2.23. The summed E-state index contributed by atoms with van der Waals surface area (Å²) in [6.07, 6.45) is 5.93. The average molecular weight is 239 g/mol. The molecule has 1 aliphatic carbocycles. The van der Waals surface area contributed by atoms with E-state index in [1.807, 2.05) is 12.3 Å². The van der Waals surface area contributed by atoms with Crippen molar-refractivity contribution in [2.24, 2.45) is 0 Å². The van der Waals surface area contributed by atoms with Crippen LogP contribution in [0.4, 0.5) is 0 Å². The molecule has 1 atom stereocenters. The van der Waals surface area contributed by atoms with E-state index in [2.05, 4.69) is 35.3 Å². The standard InChI is InChI=1S/C16H17NO/c18-16-6-2-1-4-14(16)12-7-9-13(10-8-12)15-5-3-11-17-15/h3,5,7-11,14,17H,1-2,4,6H2. The summed E-state index contributed by atoms with van der Waals surface area (Å²) in [7, 11) is 0. The molecule has 0 saturated heterocycles. The molecule has 18 heavy (non-hydrogen) atoms. The fourth-order valence-electron chi connectivity index (χ4n) is 2.74. The van der Waals surface area contributed by atoms with E-state index in [0.717, 1.165) is 25.0 Å². The number of benzene rings is 1. The fourth-order valence-corrected chi connectivity index (χ4v) is 2.74. The summed E-state index contributed by atoms with van der Waals surface area (Å²) >= 11 is 0. The van der Waals surface area contributed by atoms with Gasteiger partial charge in [0.2, 0.25) is 0 Å². The van der Waals surface area contributed by atoms with Gasteiger partial charge >= 0.3 is 0 Å². The SMILES string of the molecule is O=C1CCCCC1c1ccc(-c2ccc[nH]2)cc1. The first-order chi connectivity index (χ1) is 8.84. The van der Waals surface area contributed by atoms with E-state index in [4.69, 9.17) is 0 Å². The van der Waals surface area contributed by atoms with E-state index in [9.17, 15) is 4.79 Å². The summed E-state index contributed by atoms with van der Waals surface area (Å²) < 4.78 is 0. The maximum atomic E-state index is 11.9. The zero-order valence-corrected chi connectivity index (χ0v) is 10.4. The van der Waals surface area contributed by atoms with Gasteiger partial charge in [-0.1, -0.05) is 30.7 Å². The Kier molecular flexibility index (Phi) is 3.01. The number of hydrogen-bond donors (Lipinski definition) is 1. The lowest BCUT2D eigenvalue weighted by Crippen LogP contribution is -2.16. The molecule has 1 N–H and O–H groups in total. The van der Waals surface area contributed by atoms with Crippen LogP contribution in [0.2, 0.25) is 0 Å². The largest absolute Gasteiger partial charge is 0.361 e. The van der Waals surface area contributed by atoms with E-state index >= 15 is 0 Å².